The molecule has 0 amide bonds. The van der Waals surface area contributed by atoms with E-state index in [0.29, 0.717) is 12.5 Å². The highest BCUT2D eigenvalue weighted by Crippen LogP contribution is 2.55. The maximum Gasteiger partial charge on any atom is 0.206 e. The molecule has 84 valence electrons. The zero-order chi connectivity index (χ0) is 10.7. The number of ether oxygens (including phenoxy) is 2. The quantitative estimate of drug-likeness (QED) is 0.634. The minimum absolute atomic E-state index is 0.195. The van der Waals surface area contributed by atoms with Crippen LogP contribution in [0.2, 0.25) is 0 Å². The van der Waals surface area contributed by atoms with Gasteiger partial charge in [-0.05, 0) is 44.6 Å². The van der Waals surface area contributed by atoms with Crippen LogP contribution in [0.1, 0.15) is 39.5 Å². The summed E-state index contributed by atoms with van der Waals surface area (Å²) in [5.41, 5.74) is 1.20. The van der Waals surface area contributed by atoms with E-state index >= 15 is 0 Å². The summed E-state index contributed by atoms with van der Waals surface area (Å²) in [6, 6.07) is 0. The SMILES string of the molecule is CC1(C)COC2(CC3CCCC3=C2Cl)O1. The number of rotatable bonds is 0. The smallest absolute Gasteiger partial charge is 0.206 e. The molecule has 1 heterocycles. The molecule has 2 unspecified atom stereocenters. The molecule has 1 saturated carbocycles. The summed E-state index contributed by atoms with van der Waals surface area (Å²) in [6.07, 6.45) is 4.60. The molecule has 0 radical (unpaired) electrons. The van der Waals surface area contributed by atoms with E-state index in [2.05, 4.69) is 13.8 Å². The van der Waals surface area contributed by atoms with Crippen molar-refractivity contribution < 1.29 is 9.47 Å². The van der Waals surface area contributed by atoms with Gasteiger partial charge < -0.3 is 9.47 Å². The largest absolute Gasteiger partial charge is 0.342 e. The van der Waals surface area contributed by atoms with Crippen molar-refractivity contribution in [1.29, 1.82) is 0 Å². The molecule has 3 aliphatic rings. The van der Waals surface area contributed by atoms with Crippen LogP contribution in [0.4, 0.5) is 0 Å². The van der Waals surface area contributed by atoms with Gasteiger partial charge in [0, 0.05) is 6.42 Å². The van der Waals surface area contributed by atoms with E-state index in [1.165, 1.54) is 18.4 Å². The Bertz CT molecular complexity index is 335. The lowest BCUT2D eigenvalue weighted by atomic mass is 10.0. The molecule has 3 heteroatoms. The molecule has 15 heavy (non-hydrogen) atoms. The number of allylic oxidation sites excluding steroid dienone is 1. The Kier molecular flexibility index (Phi) is 2.02. The number of hydrogen-bond acceptors (Lipinski definition) is 2. The molecule has 0 aromatic heterocycles. The first-order valence-corrected chi connectivity index (χ1v) is 6.13. The third-order valence-electron chi connectivity index (χ3n) is 3.72. The predicted molar refractivity (Wildman–Crippen MR) is 58.7 cm³/mol. The van der Waals surface area contributed by atoms with Crippen LogP contribution in [0.25, 0.3) is 0 Å². The van der Waals surface area contributed by atoms with Gasteiger partial charge in [-0.25, -0.2) is 0 Å². The molecule has 1 aliphatic heterocycles. The molecular weight excluding hydrogens is 212 g/mol. The van der Waals surface area contributed by atoms with Crippen molar-refractivity contribution in [2.45, 2.75) is 50.9 Å². The van der Waals surface area contributed by atoms with E-state index in [4.69, 9.17) is 21.1 Å². The molecule has 2 fully saturated rings. The number of fused-ring (bicyclic) bond motifs is 1. The minimum atomic E-state index is -0.578. The predicted octanol–water partition coefficient (Wildman–Crippen LogP) is 3.20. The molecule has 2 atom stereocenters. The molecule has 0 aromatic carbocycles. The lowest BCUT2D eigenvalue weighted by Gasteiger charge is -2.26. The van der Waals surface area contributed by atoms with Crippen LogP contribution in [-0.4, -0.2) is 18.0 Å². The Labute approximate surface area is 95.6 Å². The molecule has 3 rings (SSSR count). The van der Waals surface area contributed by atoms with Gasteiger partial charge >= 0.3 is 0 Å². The fraction of sp³-hybridized carbons (Fsp3) is 0.833. The van der Waals surface area contributed by atoms with Gasteiger partial charge in [-0.2, -0.15) is 0 Å². The minimum Gasteiger partial charge on any atom is -0.342 e. The van der Waals surface area contributed by atoms with Gasteiger partial charge in [-0.3, -0.25) is 0 Å². The van der Waals surface area contributed by atoms with Crippen LogP contribution in [0.3, 0.4) is 0 Å². The van der Waals surface area contributed by atoms with Crippen molar-refractivity contribution in [2.75, 3.05) is 6.61 Å². The Balaban J connectivity index is 1.94. The molecule has 1 saturated heterocycles. The number of hydrogen-bond donors (Lipinski definition) is 0. The summed E-state index contributed by atoms with van der Waals surface area (Å²) >= 11 is 6.43. The molecule has 2 aliphatic carbocycles. The molecule has 2 nitrogen and oxygen atoms in total. The zero-order valence-corrected chi connectivity index (χ0v) is 10.1. The fourth-order valence-electron chi connectivity index (χ4n) is 3.09. The summed E-state index contributed by atoms with van der Waals surface area (Å²) in [5, 5.41) is 0.857. The van der Waals surface area contributed by atoms with Gasteiger partial charge in [0.25, 0.3) is 0 Å². The van der Waals surface area contributed by atoms with Crippen LogP contribution in [-0.2, 0) is 9.47 Å². The van der Waals surface area contributed by atoms with Crippen LogP contribution >= 0.6 is 11.6 Å². The summed E-state index contributed by atoms with van der Waals surface area (Å²) in [5.74, 6) is 0.0391. The summed E-state index contributed by atoms with van der Waals surface area (Å²) in [7, 11) is 0. The van der Waals surface area contributed by atoms with Gasteiger partial charge in [0.15, 0.2) is 0 Å². The van der Waals surface area contributed by atoms with Gasteiger partial charge in [-0.15, -0.1) is 0 Å². The Morgan fingerprint density at radius 3 is 2.80 bits per heavy atom. The third-order valence-corrected chi connectivity index (χ3v) is 4.25. The zero-order valence-electron chi connectivity index (χ0n) is 9.31. The van der Waals surface area contributed by atoms with Crippen molar-refractivity contribution in [3.63, 3.8) is 0 Å². The summed E-state index contributed by atoms with van der Waals surface area (Å²) in [4.78, 5) is 0. The second-order valence-electron chi connectivity index (χ2n) is 5.54. The van der Waals surface area contributed by atoms with Gasteiger partial charge in [-0.1, -0.05) is 11.6 Å². The monoisotopic (exact) mass is 228 g/mol. The maximum atomic E-state index is 6.43. The van der Waals surface area contributed by atoms with Crippen LogP contribution in [0, 0.1) is 5.92 Å². The van der Waals surface area contributed by atoms with E-state index in [1.807, 2.05) is 0 Å². The van der Waals surface area contributed by atoms with E-state index in [-0.39, 0.29) is 5.60 Å². The third kappa shape index (κ3) is 1.38. The van der Waals surface area contributed by atoms with Crippen molar-refractivity contribution in [2.24, 2.45) is 5.92 Å². The second-order valence-corrected chi connectivity index (χ2v) is 5.91. The highest BCUT2D eigenvalue weighted by Gasteiger charge is 2.55. The first kappa shape index (κ1) is 10.1. The van der Waals surface area contributed by atoms with Gasteiger partial charge in [0.05, 0.1) is 17.2 Å². The molecule has 0 N–H and O–H groups in total. The van der Waals surface area contributed by atoms with E-state index in [9.17, 15) is 0 Å². The topological polar surface area (TPSA) is 18.5 Å². The van der Waals surface area contributed by atoms with Crippen molar-refractivity contribution in [3.05, 3.63) is 10.6 Å². The standard InChI is InChI=1S/C12H17ClO2/c1-11(2)7-14-12(15-11)6-8-4-3-5-9(8)10(12)13/h8H,3-7H2,1-2H3. The van der Waals surface area contributed by atoms with Crippen molar-refractivity contribution in [1.82, 2.24) is 0 Å². The second kappa shape index (κ2) is 2.99. The summed E-state index contributed by atoms with van der Waals surface area (Å²) in [6.45, 7) is 4.76. The fourth-order valence-corrected chi connectivity index (χ4v) is 3.51. The maximum absolute atomic E-state index is 6.43. The first-order chi connectivity index (χ1) is 7.03. The molecule has 0 bridgehead atoms. The molecular formula is C12H17ClO2. The average molecular weight is 229 g/mol. The summed E-state index contributed by atoms with van der Waals surface area (Å²) < 4.78 is 11.9. The highest BCUT2D eigenvalue weighted by atomic mass is 35.5. The first-order valence-electron chi connectivity index (χ1n) is 5.76. The van der Waals surface area contributed by atoms with Crippen LogP contribution in [0.5, 0.6) is 0 Å². The van der Waals surface area contributed by atoms with E-state index in [1.54, 1.807) is 0 Å². The lowest BCUT2D eigenvalue weighted by molar-refractivity contribution is -0.151. The molecule has 0 aromatic rings. The van der Waals surface area contributed by atoms with Crippen molar-refractivity contribution in [3.8, 4) is 0 Å². The van der Waals surface area contributed by atoms with Crippen LogP contribution in [0.15, 0.2) is 10.6 Å². The van der Waals surface area contributed by atoms with E-state index < -0.39 is 5.79 Å². The Morgan fingerprint density at radius 2 is 2.20 bits per heavy atom. The average Bonchev–Trinajstić information content (AvgIpc) is 2.75. The highest BCUT2D eigenvalue weighted by molar-refractivity contribution is 6.31. The van der Waals surface area contributed by atoms with E-state index in [0.717, 1.165) is 17.9 Å². The Morgan fingerprint density at radius 1 is 1.40 bits per heavy atom. The van der Waals surface area contributed by atoms with Gasteiger partial charge in [0.2, 0.25) is 5.79 Å². The normalized spacial score (nSPS) is 43.0. The van der Waals surface area contributed by atoms with Gasteiger partial charge in [0.1, 0.15) is 0 Å². The Hall–Kier alpha value is -0.0500. The van der Waals surface area contributed by atoms with Crippen molar-refractivity contribution >= 4 is 11.6 Å². The van der Waals surface area contributed by atoms with Crippen LogP contribution < -0.4 is 0 Å². The lowest BCUT2D eigenvalue weighted by Crippen LogP contribution is -2.32. The molecule has 1 spiro atoms. The number of halogens is 1.